The number of hydrogen-bond donors (Lipinski definition) is 1. The summed E-state index contributed by atoms with van der Waals surface area (Å²) in [7, 11) is -0.358. The molecule has 0 aliphatic heterocycles. The number of methoxy groups -OCH3 is 1. The fourth-order valence-corrected chi connectivity index (χ4v) is 3.85. The van der Waals surface area contributed by atoms with Crippen molar-refractivity contribution in [3.05, 3.63) is 66.2 Å². The molecule has 0 saturated heterocycles. The van der Waals surface area contributed by atoms with E-state index in [0.29, 0.717) is 11.3 Å². The number of hydrogen-bond acceptors (Lipinski definition) is 3. The summed E-state index contributed by atoms with van der Waals surface area (Å²) in [5.74, 6) is 1.32. The highest BCUT2D eigenvalue weighted by Gasteiger charge is 2.39. The molecule has 0 spiro atoms. The summed E-state index contributed by atoms with van der Waals surface area (Å²) in [6, 6.07) is 19.1. The van der Waals surface area contributed by atoms with Gasteiger partial charge in [0.2, 0.25) is 8.32 Å². The first kappa shape index (κ1) is 20.9. The lowest BCUT2D eigenvalue weighted by atomic mass is 10.1. The van der Waals surface area contributed by atoms with Crippen LogP contribution >= 0.6 is 0 Å². The van der Waals surface area contributed by atoms with Crippen molar-refractivity contribution < 1.29 is 14.0 Å². The van der Waals surface area contributed by atoms with Crippen LogP contribution in [0.5, 0.6) is 11.5 Å². The summed E-state index contributed by atoms with van der Waals surface area (Å²) in [4.78, 5) is 12.8. The number of anilines is 1. The van der Waals surface area contributed by atoms with E-state index in [-0.39, 0.29) is 10.9 Å². The van der Waals surface area contributed by atoms with E-state index >= 15 is 0 Å². The van der Waals surface area contributed by atoms with Crippen LogP contribution in [-0.2, 0) is 0 Å². The summed E-state index contributed by atoms with van der Waals surface area (Å²) in [6.45, 7) is 11.1. The van der Waals surface area contributed by atoms with Gasteiger partial charge in [-0.3, -0.25) is 4.79 Å². The Hall–Kier alpha value is -2.79. The third-order valence-corrected chi connectivity index (χ3v) is 9.97. The molecule has 0 aliphatic carbocycles. The Bertz CT molecular complexity index is 1040. The molecule has 0 fully saturated rings. The molecule has 5 heteroatoms. The molecule has 0 heterocycles. The van der Waals surface area contributed by atoms with Gasteiger partial charge in [0.25, 0.3) is 5.91 Å². The molecule has 0 atom stereocenters. The molecule has 0 unspecified atom stereocenters. The van der Waals surface area contributed by atoms with Crippen molar-refractivity contribution in [1.29, 1.82) is 0 Å². The van der Waals surface area contributed by atoms with Gasteiger partial charge < -0.3 is 14.5 Å². The molecule has 3 aromatic rings. The van der Waals surface area contributed by atoms with Crippen LogP contribution in [-0.4, -0.2) is 21.3 Å². The average Bonchev–Trinajstić information content (AvgIpc) is 2.67. The molecule has 0 saturated carbocycles. The highest BCUT2D eigenvalue weighted by molar-refractivity contribution is 6.74. The van der Waals surface area contributed by atoms with Gasteiger partial charge in [0.05, 0.1) is 7.11 Å². The summed E-state index contributed by atoms with van der Waals surface area (Å²) >= 11 is 0. The average molecular weight is 408 g/mol. The van der Waals surface area contributed by atoms with Gasteiger partial charge in [-0.05, 0) is 59.9 Å². The Morgan fingerprint density at radius 1 is 0.931 bits per heavy atom. The van der Waals surface area contributed by atoms with Crippen LogP contribution in [0.15, 0.2) is 60.7 Å². The molecule has 3 aromatic carbocycles. The van der Waals surface area contributed by atoms with Gasteiger partial charge in [-0.1, -0.05) is 45.0 Å². The Morgan fingerprint density at radius 3 is 2.34 bits per heavy atom. The van der Waals surface area contributed by atoms with Gasteiger partial charge in [0.1, 0.15) is 11.5 Å². The molecule has 3 rings (SSSR count). The fourth-order valence-electron chi connectivity index (χ4n) is 2.83. The van der Waals surface area contributed by atoms with Crippen LogP contribution in [0.2, 0.25) is 18.1 Å². The van der Waals surface area contributed by atoms with E-state index in [4.69, 9.17) is 9.16 Å². The van der Waals surface area contributed by atoms with E-state index in [1.165, 1.54) is 0 Å². The van der Waals surface area contributed by atoms with Gasteiger partial charge in [-0.2, -0.15) is 0 Å². The quantitative estimate of drug-likeness (QED) is 0.492. The zero-order valence-electron chi connectivity index (χ0n) is 18.0. The van der Waals surface area contributed by atoms with E-state index in [2.05, 4.69) is 39.2 Å². The largest absolute Gasteiger partial charge is 0.543 e. The Labute approximate surface area is 174 Å². The maximum absolute atomic E-state index is 12.8. The molecule has 0 bridgehead atoms. The third kappa shape index (κ3) is 4.62. The minimum absolute atomic E-state index is 0.113. The second-order valence-corrected chi connectivity index (χ2v) is 13.5. The van der Waals surface area contributed by atoms with Crippen molar-refractivity contribution in [3.8, 4) is 11.5 Å². The van der Waals surface area contributed by atoms with Crippen LogP contribution in [0.1, 0.15) is 31.1 Å². The Kier molecular flexibility index (Phi) is 5.71. The first-order valence-electron chi connectivity index (χ1n) is 9.78. The number of carbonyl (C=O) groups excluding carboxylic acids is 1. The van der Waals surface area contributed by atoms with E-state index in [1.807, 2.05) is 48.5 Å². The van der Waals surface area contributed by atoms with Crippen molar-refractivity contribution in [2.75, 3.05) is 12.4 Å². The summed E-state index contributed by atoms with van der Waals surface area (Å²) in [5, 5.41) is 5.16. The SMILES string of the molecule is COc1cccc(C(=O)Nc2cccc3ccc(O[Si](C)(C)C(C)(C)C)cc23)c1. The van der Waals surface area contributed by atoms with Crippen LogP contribution in [0, 0.1) is 0 Å². The molecule has 0 aromatic heterocycles. The van der Waals surface area contributed by atoms with Crippen molar-refractivity contribution in [2.24, 2.45) is 0 Å². The predicted octanol–water partition coefficient (Wildman–Crippen LogP) is 6.48. The summed E-state index contributed by atoms with van der Waals surface area (Å²) in [5.41, 5.74) is 1.31. The van der Waals surface area contributed by atoms with E-state index in [0.717, 1.165) is 22.2 Å². The van der Waals surface area contributed by atoms with Crippen LogP contribution in [0.25, 0.3) is 10.8 Å². The third-order valence-electron chi connectivity index (χ3n) is 5.61. The molecule has 0 aliphatic rings. The van der Waals surface area contributed by atoms with Crippen LogP contribution in [0.3, 0.4) is 0 Å². The second-order valence-electron chi connectivity index (χ2n) is 8.74. The highest BCUT2D eigenvalue weighted by Crippen LogP contribution is 2.38. The normalized spacial score (nSPS) is 11.9. The minimum atomic E-state index is -1.95. The van der Waals surface area contributed by atoms with E-state index in [9.17, 15) is 4.79 Å². The van der Waals surface area contributed by atoms with Gasteiger partial charge >= 0.3 is 0 Å². The lowest BCUT2D eigenvalue weighted by Gasteiger charge is -2.36. The smallest absolute Gasteiger partial charge is 0.255 e. The second kappa shape index (κ2) is 7.91. The summed E-state index contributed by atoms with van der Waals surface area (Å²) < 4.78 is 11.7. The highest BCUT2D eigenvalue weighted by atomic mass is 28.4. The Morgan fingerprint density at radius 2 is 1.66 bits per heavy atom. The molecule has 152 valence electrons. The lowest BCUT2D eigenvalue weighted by Crippen LogP contribution is -2.43. The maximum atomic E-state index is 12.8. The molecule has 4 nitrogen and oxygen atoms in total. The molecule has 29 heavy (non-hydrogen) atoms. The van der Waals surface area contributed by atoms with E-state index < -0.39 is 8.32 Å². The van der Waals surface area contributed by atoms with Crippen LogP contribution < -0.4 is 14.5 Å². The van der Waals surface area contributed by atoms with Crippen molar-refractivity contribution in [2.45, 2.75) is 38.9 Å². The molecular weight excluding hydrogens is 378 g/mol. The predicted molar refractivity (Wildman–Crippen MR) is 123 cm³/mol. The maximum Gasteiger partial charge on any atom is 0.255 e. The van der Waals surface area contributed by atoms with Crippen molar-refractivity contribution >= 4 is 30.7 Å². The van der Waals surface area contributed by atoms with Gasteiger partial charge in [0.15, 0.2) is 0 Å². The van der Waals surface area contributed by atoms with Gasteiger partial charge in [-0.25, -0.2) is 0 Å². The number of ether oxygens (including phenoxy) is 1. The lowest BCUT2D eigenvalue weighted by molar-refractivity contribution is 0.102. The number of fused-ring (bicyclic) bond motifs is 1. The first-order chi connectivity index (χ1) is 13.6. The van der Waals surface area contributed by atoms with Crippen LogP contribution in [0.4, 0.5) is 5.69 Å². The molecular formula is C24H29NO3Si. The molecule has 1 amide bonds. The molecule has 1 N–H and O–H groups in total. The van der Waals surface area contributed by atoms with E-state index in [1.54, 1.807) is 19.2 Å². The van der Waals surface area contributed by atoms with Gasteiger partial charge in [0, 0.05) is 16.6 Å². The first-order valence-corrected chi connectivity index (χ1v) is 12.7. The van der Waals surface area contributed by atoms with Crippen molar-refractivity contribution in [1.82, 2.24) is 0 Å². The Balaban J connectivity index is 1.93. The standard InChI is InChI=1S/C24H29NO3Si/c1-24(2,3)29(5,6)28-20-14-13-17-9-8-12-22(21(17)16-20)25-23(26)18-10-7-11-19(15-18)27-4/h7-16H,1-6H3,(H,25,26). The monoisotopic (exact) mass is 407 g/mol. The number of nitrogens with one attached hydrogen (secondary N) is 1. The number of rotatable bonds is 5. The minimum Gasteiger partial charge on any atom is -0.543 e. The fraction of sp³-hybridized carbons (Fsp3) is 0.292. The van der Waals surface area contributed by atoms with Gasteiger partial charge in [-0.15, -0.1) is 0 Å². The zero-order chi connectivity index (χ0) is 21.2. The number of amides is 1. The zero-order valence-corrected chi connectivity index (χ0v) is 19.0. The number of benzene rings is 3. The number of carbonyl (C=O) groups is 1. The topological polar surface area (TPSA) is 47.6 Å². The van der Waals surface area contributed by atoms with Crippen molar-refractivity contribution in [3.63, 3.8) is 0 Å². The summed E-state index contributed by atoms with van der Waals surface area (Å²) in [6.07, 6.45) is 0. The molecule has 0 radical (unpaired) electrons.